The molecule has 198 valence electrons. The first-order valence-corrected chi connectivity index (χ1v) is 11.9. The molecule has 1 atom stereocenters. The maximum Gasteiger partial charge on any atom is 0.300 e. The quantitative estimate of drug-likeness (QED) is 0.249. The van der Waals surface area contributed by atoms with E-state index in [1.807, 2.05) is 13.8 Å². The summed E-state index contributed by atoms with van der Waals surface area (Å²) in [5.41, 5.74) is 1.42. The molecule has 0 spiro atoms. The monoisotopic (exact) mass is 519 g/mol. The van der Waals surface area contributed by atoms with E-state index in [0.717, 1.165) is 10.5 Å². The summed E-state index contributed by atoms with van der Waals surface area (Å²) >= 11 is 0. The fourth-order valence-corrected chi connectivity index (χ4v) is 4.59. The number of ether oxygens (including phenoxy) is 4. The summed E-state index contributed by atoms with van der Waals surface area (Å²) in [6.07, 6.45) is 0. The molecule has 9 nitrogen and oxygen atoms in total. The molecule has 0 aliphatic carbocycles. The molecular formula is C29H29NO8. The van der Waals surface area contributed by atoms with Crippen LogP contribution in [0.25, 0.3) is 5.76 Å². The number of rotatable bonds is 8. The first kappa shape index (κ1) is 26.4. The molecule has 1 fully saturated rings. The highest BCUT2D eigenvalue weighted by Gasteiger charge is 2.48. The molecule has 0 aromatic heterocycles. The number of nitrogens with zero attached hydrogens (tertiary/aromatic N) is 1. The minimum Gasteiger partial charge on any atom is -0.507 e. The van der Waals surface area contributed by atoms with Crippen LogP contribution in [0.2, 0.25) is 0 Å². The van der Waals surface area contributed by atoms with Crippen molar-refractivity contribution in [3.63, 3.8) is 0 Å². The Balaban J connectivity index is 2.01. The Labute approximate surface area is 220 Å². The second-order valence-corrected chi connectivity index (χ2v) is 8.53. The van der Waals surface area contributed by atoms with Gasteiger partial charge in [0.1, 0.15) is 17.3 Å². The van der Waals surface area contributed by atoms with Gasteiger partial charge in [-0.15, -0.1) is 0 Å². The number of carbonyl (C=O) groups is 2. The summed E-state index contributed by atoms with van der Waals surface area (Å²) in [5, 5.41) is 22.1. The van der Waals surface area contributed by atoms with E-state index in [2.05, 4.69) is 0 Å². The Morgan fingerprint density at radius 1 is 0.921 bits per heavy atom. The van der Waals surface area contributed by atoms with Crippen LogP contribution in [-0.2, 0) is 9.59 Å². The van der Waals surface area contributed by atoms with E-state index < -0.39 is 17.7 Å². The fourth-order valence-electron chi connectivity index (χ4n) is 4.59. The van der Waals surface area contributed by atoms with Gasteiger partial charge in [0.25, 0.3) is 11.7 Å². The van der Waals surface area contributed by atoms with Crippen molar-refractivity contribution in [2.75, 3.05) is 32.8 Å². The molecule has 3 aromatic rings. The number of phenols is 1. The van der Waals surface area contributed by atoms with Crippen LogP contribution in [0.15, 0.2) is 60.2 Å². The zero-order valence-electron chi connectivity index (χ0n) is 21.8. The lowest BCUT2D eigenvalue weighted by atomic mass is 9.94. The number of Topliss-reactive ketones (excluding diaryl/α,β-unsaturated/α-hetero) is 1. The molecule has 1 aliphatic heterocycles. The predicted molar refractivity (Wildman–Crippen MR) is 141 cm³/mol. The van der Waals surface area contributed by atoms with Crippen LogP contribution in [0.5, 0.6) is 28.7 Å². The molecule has 0 saturated carbocycles. The molecule has 4 rings (SSSR count). The number of amides is 1. The Morgan fingerprint density at radius 2 is 1.58 bits per heavy atom. The lowest BCUT2D eigenvalue weighted by Crippen LogP contribution is -2.29. The maximum absolute atomic E-state index is 13.5. The molecule has 1 aliphatic rings. The van der Waals surface area contributed by atoms with Gasteiger partial charge in [0.2, 0.25) is 5.75 Å². The molecule has 0 radical (unpaired) electrons. The number of aryl methyl sites for hydroxylation is 1. The van der Waals surface area contributed by atoms with Crippen molar-refractivity contribution in [2.45, 2.75) is 19.9 Å². The highest BCUT2D eigenvalue weighted by Crippen LogP contribution is 2.48. The summed E-state index contributed by atoms with van der Waals surface area (Å²) in [5.74, 6) is -0.844. The summed E-state index contributed by atoms with van der Waals surface area (Å²) in [7, 11) is 4.36. The summed E-state index contributed by atoms with van der Waals surface area (Å²) in [4.78, 5) is 28.1. The minimum atomic E-state index is -1.12. The van der Waals surface area contributed by atoms with Crippen LogP contribution in [0.1, 0.15) is 29.7 Å². The second kappa shape index (κ2) is 10.8. The topological polar surface area (TPSA) is 115 Å². The number of ketones is 1. The van der Waals surface area contributed by atoms with Crippen molar-refractivity contribution < 1.29 is 38.7 Å². The van der Waals surface area contributed by atoms with Crippen molar-refractivity contribution in [1.29, 1.82) is 0 Å². The number of aliphatic hydroxyl groups is 1. The zero-order valence-corrected chi connectivity index (χ0v) is 21.8. The van der Waals surface area contributed by atoms with Gasteiger partial charge in [0, 0.05) is 5.56 Å². The van der Waals surface area contributed by atoms with Gasteiger partial charge in [-0.3, -0.25) is 14.5 Å². The van der Waals surface area contributed by atoms with E-state index in [9.17, 15) is 19.8 Å². The predicted octanol–water partition coefficient (Wildman–Crippen LogP) is 4.75. The first-order valence-electron chi connectivity index (χ1n) is 11.9. The van der Waals surface area contributed by atoms with Crippen LogP contribution < -0.4 is 23.8 Å². The SMILES string of the molecule is CCOc1ccc(/C(O)=C2\C(=O)C(=O)N(c3ccccc3O)C2c2cc(OC)c(OC)c(OC)c2)cc1C. The molecule has 1 amide bonds. The Morgan fingerprint density at radius 3 is 2.13 bits per heavy atom. The number of benzene rings is 3. The van der Waals surface area contributed by atoms with Crippen molar-refractivity contribution in [2.24, 2.45) is 0 Å². The zero-order chi connectivity index (χ0) is 27.6. The lowest BCUT2D eigenvalue weighted by molar-refractivity contribution is -0.132. The third-order valence-corrected chi connectivity index (χ3v) is 6.34. The van der Waals surface area contributed by atoms with E-state index >= 15 is 0 Å². The largest absolute Gasteiger partial charge is 0.507 e. The minimum absolute atomic E-state index is 0.107. The fraction of sp³-hybridized carbons (Fsp3) is 0.241. The van der Waals surface area contributed by atoms with Crippen LogP contribution in [0, 0.1) is 6.92 Å². The van der Waals surface area contributed by atoms with Gasteiger partial charge in [-0.05, 0) is 67.4 Å². The van der Waals surface area contributed by atoms with Gasteiger partial charge in [0.15, 0.2) is 11.5 Å². The van der Waals surface area contributed by atoms with Gasteiger partial charge in [-0.2, -0.15) is 0 Å². The lowest BCUT2D eigenvalue weighted by Gasteiger charge is -2.27. The number of anilines is 1. The van der Waals surface area contributed by atoms with Crippen LogP contribution in [0.4, 0.5) is 5.69 Å². The number of phenolic OH excluding ortho intramolecular Hbond substituents is 1. The molecule has 1 saturated heterocycles. The number of aliphatic hydroxyl groups excluding tert-OH is 1. The van der Waals surface area contributed by atoms with Crippen molar-refractivity contribution in [3.8, 4) is 28.7 Å². The standard InChI is InChI=1S/C29H29NO8/c1-6-38-21-12-11-17(13-16(21)2)26(32)24-25(18-14-22(35-3)28(37-5)23(15-18)36-4)30(29(34)27(24)33)19-9-7-8-10-20(19)31/h7-15,25,31-32H,6H2,1-5H3/b26-24+. The first-order chi connectivity index (χ1) is 18.3. The number of hydrogen-bond donors (Lipinski definition) is 2. The Bertz CT molecular complexity index is 1400. The van der Waals surface area contributed by atoms with E-state index in [0.29, 0.717) is 40.7 Å². The van der Waals surface area contributed by atoms with Crippen molar-refractivity contribution >= 4 is 23.1 Å². The van der Waals surface area contributed by atoms with E-state index in [-0.39, 0.29) is 22.8 Å². The highest BCUT2D eigenvalue weighted by molar-refractivity contribution is 6.52. The normalized spacial score (nSPS) is 16.4. The van der Waals surface area contributed by atoms with E-state index in [1.54, 1.807) is 42.5 Å². The number of para-hydroxylation sites is 2. The Kier molecular flexibility index (Phi) is 7.47. The smallest absolute Gasteiger partial charge is 0.300 e. The number of carbonyl (C=O) groups excluding carboxylic acids is 2. The summed E-state index contributed by atoms with van der Waals surface area (Å²) in [6.45, 7) is 4.16. The maximum atomic E-state index is 13.5. The van der Waals surface area contributed by atoms with Crippen LogP contribution >= 0.6 is 0 Å². The highest BCUT2D eigenvalue weighted by atomic mass is 16.5. The second-order valence-electron chi connectivity index (χ2n) is 8.53. The molecule has 38 heavy (non-hydrogen) atoms. The number of hydrogen-bond acceptors (Lipinski definition) is 8. The molecule has 0 bridgehead atoms. The van der Waals surface area contributed by atoms with Gasteiger partial charge in [-0.25, -0.2) is 0 Å². The molecular weight excluding hydrogens is 490 g/mol. The number of methoxy groups -OCH3 is 3. The van der Waals surface area contributed by atoms with Crippen molar-refractivity contribution in [1.82, 2.24) is 0 Å². The summed E-state index contributed by atoms with van der Waals surface area (Å²) < 4.78 is 22.0. The molecule has 2 N–H and O–H groups in total. The van der Waals surface area contributed by atoms with Gasteiger partial charge < -0.3 is 29.2 Å². The average molecular weight is 520 g/mol. The molecule has 1 unspecified atom stereocenters. The third kappa shape index (κ3) is 4.47. The van der Waals surface area contributed by atoms with E-state index in [4.69, 9.17) is 18.9 Å². The van der Waals surface area contributed by atoms with Gasteiger partial charge >= 0.3 is 0 Å². The summed E-state index contributed by atoms with van der Waals surface area (Å²) in [6, 6.07) is 13.2. The number of aromatic hydroxyl groups is 1. The molecule has 3 aromatic carbocycles. The third-order valence-electron chi connectivity index (χ3n) is 6.34. The van der Waals surface area contributed by atoms with Crippen LogP contribution in [-0.4, -0.2) is 49.8 Å². The van der Waals surface area contributed by atoms with E-state index in [1.165, 1.54) is 33.5 Å². The van der Waals surface area contributed by atoms with Gasteiger partial charge in [0.05, 0.1) is 45.2 Å². The van der Waals surface area contributed by atoms with Crippen molar-refractivity contribution in [3.05, 3.63) is 76.9 Å². The Hall–Kier alpha value is -4.66. The molecule has 1 heterocycles. The van der Waals surface area contributed by atoms with Crippen LogP contribution in [0.3, 0.4) is 0 Å². The average Bonchev–Trinajstić information content (AvgIpc) is 3.18. The molecule has 9 heteroatoms. The van der Waals surface area contributed by atoms with Gasteiger partial charge in [-0.1, -0.05) is 12.1 Å².